The van der Waals surface area contributed by atoms with Crippen LogP contribution in [-0.4, -0.2) is 17.0 Å². The molecule has 206 valence electrons. The zero-order valence-corrected chi connectivity index (χ0v) is 23.7. The van der Waals surface area contributed by atoms with Gasteiger partial charge in [-0.3, -0.25) is 4.79 Å². The molecule has 0 saturated heterocycles. The minimum absolute atomic E-state index is 0.140. The van der Waals surface area contributed by atoms with Gasteiger partial charge in [0.2, 0.25) is 0 Å². The zero-order valence-electron chi connectivity index (χ0n) is 23.7. The SMILES string of the molecule is CC1=C(C)C(=O)CCC1.CC1=C(F)C(C)CCC1.CC1=C(F)[C@@H](O)CCC1.CC1=C(F)[C@H](C)CCC1. The van der Waals surface area contributed by atoms with E-state index in [2.05, 4.69) is 0 Å². The normalized spacial score (nSPS) is 27.0. The predicted octanol–water partition coefficient (Wildman–Crippen LogP) is 9.95. The van der Waals surface area contributed by atoms with E-state index in [0.717, 1.165) is 74.5 Å². The van der Waals surface area contributed by atoms with Crippen molar-refractivity contribution >= 4 is 5.78 Å². The third kappa shape index (κ3) is 10.8. The van der Waals surface area contributed by atoms with Gasteiger partial charge in [0, 0.05) is 18.3 Å². The highest BCUT2D eigenvalue weighted by molar-refractivity contribution is 5.96. The number of Topliss-reactive ketones (excluding diaryl/α,β-unsaturated/α-hetero) is 1. The van der Waals surface area contributed by atoms with Gasteiger partial charge in [0.25, 0.3) is 0 Å². The number of aliphatic hydroxyl groups excluding tert-OH is 1. The standard InChI is InChI=1S/2C8H13F.C8H12O.C7H11FO/c2*1-6-4-3-5-7(2)8(6)9;1-6-4-3-5-8(9)7(6)2;1-5-3-2-4-6(9)7(5)8/h2*6H,3-5H2,1-2H3;3-5H2,1-2H3;6,9H,2-4H2,1H3/t6-;;;6-/m1..0/s1. The maximum atomic E-state index is 12.9. The summed E-state index contributed by atoms with van der Waals surface area (Å²) in [6.45, 7) is 13.4. The van der Waals surface area contributed by atoms with Crippen molar-refractivity contribution in [2.75, 3.05) is 0 Å². The highest BCUT2D eigenvalue weighted by atomic mass is 19.1. The van der Waals surface area contributed by atoms with E-state index in [-0.39, 0.29) is 29.3 Å². The van der Waals surface area contributed by atoms with Gasteiger partial charge in [0.15, 0.2) is 5.78 Å². The Morgan fingerprint density at radius 3 is 1.28 bits per heavy atom. The number of halogens is 3. The molecule has 3 atom stereocenters. The molecule has 0 saturated carbocycles. The lowest BCUT2D eigenvalue weighted by Gasteiger charge is -2.17. The minimum Gasteiger partial charge on any atom is -0.386 e. The Balaban J connectivity index is 0.000000240. The van der Waals surface area contributed by atoms with E-state index >= 15 is 0 Å². The molecule has 0 aromatic heterocycles. The third-order valence-electron chi connectivity index (χ3n) is 7.80. The van der Waals surface area contributed by atoms with Crippen molar-refractivity contribution in [3.63, 3.8) is 0 Å². The number of hydrogen-bond acceptors (Lipinski definition) is 2. The molecule has 0 spiro atoms. The number of aliphatic hydroxyl groups is 1. The second kappa shape index (κ2) is 16.3. The highest BCUT2D eigenvalue weighted by Gasteiger charge is 2.18. The lowest BCUT2D eigenvalue weighted by molar-refractivity contribution is -0.116. The summed E-state index contributed by atoms with van der Waals surface area (Å²) >= 11 is 0. The third-order valence-corrected chi connectivity index (χ3v) is 7.80. The molecule has 4 rings (SSSR count). The van der Waals surface area contributed by atoms with Gasteiger partial charge in [-0.15, -0.1) is 0 Å². The van der Waals surface area contributed by atoms with E-state index in [0.29, 0.717) is 17.8 Å². The summed E-state index contributed by atoms with van der Waals surface area (Å²) in [5.74, 6) is 0.708. The van der Waals surface area contributed by atoms with Gasteiger partial charge in [-0.1, -0.05) is 19.4 Å². The van der Waals surface area contributed by atoms with E-state index in [1.54, 1.807) is 6.92 Å². The highest BCUT2D eigenvalue weighted by Crippen LogP contribution is 2.30. The van der Waals surface area contributed by atoms with Crippen LogP contribution in [0.2, 0.25) is 0 Å². The number of carbonyl (C=O) groups excluding carboxylic acids is 1. The van der Waals surface area contributed by atoms with Gasteiger partial charge in [-0.05, 0) is 128 Å². The molecule has 0 aromatic carbocycles. The number of allylic oxidation sites excluding steroid dienone is 7. The summed E-state index contributed by atoms with van der Waals surface area (Å²) in [5, 5.41) is 8.92. The molecule has 5 heteroatoms. The molecular formula is C31H49F3O2. The molecule has 4 aliphatic carbocycles. The fraction of sp³-hybridized carbons (Fsp3) is 0.710. The maximum Gasteiger partial charge on any atom is 0.158 e. The van der Waals surface area contributed by atoms with Crippen LogP contribution in [0.5, 0.6) is 0 Å². The molecular weight excluding hydrogens is 461 g/mol. The van der Waals surface area contributed by atoms with Crippen LogP contribution in [-0.2, 0) is 4.79 Å². The quantitative estimate of drug-likeness (QED) is 0.352. The summed E-state index contributed by atoms with van der Waals surface area (Å²) in [6, 6.07) is 0. The molecule has 36 heavy (non-hydrogen) atoms. The largest absolute Gasteiger partial charge is 0.386 e. The molecule has 0 fully saturated rings. The molecule has 1 N–H and O–H groups in total. The van der Waals surface area contributed by atoms with Crippen molar-refractivity contribution in [1.29, 1.82) is 0 Å². The second-order valence-electron chi connectivity index (χ2n) is 11.1. The molecule has 0 amide bonds. The lowest BCUT2D eigenvalue weighted by Crippen LogP contribution is -2.12. The zero-order chi connectivity index (χ0) is 27.4. The monoisotopic (exact) mass is 510 g/mol. The van der Waals surface area contributed by atoms with Crippen molar-refractivity contribution in [3.05, 3.63) is 45.3 Å². The van der Waals surface area contributed by atoms with E-state index in [9.17, 15) is 18.0 Å². The molecule has 0 radical (unpaired) electrons. The number of ketones is 1. The van der Waals surface area contributed by atoms with Gasteiger partial charge in [0.1, 0.15) is 23.6 Å². The summed E-state index contributed by atoms with van der Waals surface area (Å²) in [4.78, 5) is 10.9. The number of carbonyl (C=O) groups is 1. The Kier molecular flexibility index (Phi) is 14.6. The average molecular weight is 511 g/mol. The van der Waals surface area contributed by atoms with Crippen molar-refractivity contribution in [3.8, 4) is 0 Å². The lowest BCUT2D eigenvalue weighted by atomic mass is 9.91. The first-order valence-electron chi connectivity index (χ1n) is 13.8. The number of rotatable bonds is 0. The summed E-state index contributed by atoms with van der Waals surface area (Å²) in [7, 11) is 0. The predicted molar refractivity (Wildman–Crippen MR) is 145 cm³/mol. The summed E-state index contributed by atoms with van der Waals surface area (Å²) in [5.41, 5.74) is 4.93. The van der Waals surface area contributed by atoms with Crippen LogP contribution in [0, 0.1) is 11.8 Å². The minimum atomic E-state index is -0.807. The average Bonchev–Trinajstić information content (AvgIpc) is 2.84. The first kappa shape index (κ1) is 32.4. The van der Waals surface area contributed by atoms with Crippen LogP contribution in [0.3, 0.4) is 0 Å². The Morgan fingerprint density at radius 2 is 0.972 bits per heavy atom. The Bertz CT molecular complexity index is 782. The van der Waals surface area contributed by atoms with E-state index in [4.69, 9.17) is 5.11 Å². The smallest absolute Gasteiger partial charge is 0.158 e. The first-order chi connectivity index (χ1) is 16.9. The molecule has 0 aliphatic heterocycles. The fourth-order valence-corrected chi connectivity index (χ4v) is 4.90. The Labute approximate surface area is 217 Å². The van der Waals surface area contributed by atoms with Crippen LogP contribution < -0.4 is 0 Å². The van der Waals surface area contributed by atoms with Crippen molar-refractivity contribution in [2.24, 2.45) is 11.8 Å². The van der Waals surface area contributed by atoms with Gasteiger partial charge in [0.05, 0.1) is 0 Å². The summed E-state index contributed by atoms with van der Waals surface area (Å²) < 4.78 is 38.3. The van der Waals surface area contributed by atoms with Crippen LogP contribution in [0.1, 0.15) is 126 Å². The van der Waals surface area contributed by atoms with Crippen LogP contribution in [0.15, 0.2) is 45.3 Å². The molecule has 0 aromatic rings. The van der Waals surface area contributed by atoms with Crippen molar-refractivity contribution in [1.82, 2.24) is 0 Å². The van der Waals surface area contributed by atoms with E-state index in [1.165, 1.54) is 18.4 Å². The van der Waals surface area contributed by atoms with Crippen LogP contribution >= 0.6 is 0 Å². The topological polar surface area (TPSA) is 37.3 Å². The molecule has 2 nitrogen and oxygen atoms in total. The van der Waals surface area contributed by atoms with Crippen molar-refractivity contribution < 1.29 is 23.1 Å². The van der Waals surface area contributed by atoms with Crippen LogP contribution in [0.25, 0.3) is 0 Å². The first-order valence-corrected chi connectivity index (χ1v) is 13.8. The maximum absolute atomic E-state index is 12.9. The van der Waals surface area contributed by atoms with Gasteiger partial charge < -0.3 is 5.11 Å². The van der Waals surface area contributed by atoms with Crippen LogP contribution in [0.4, 0.5) is 13.2 Å². The number of hydrogen-bond donors (Lipinski definition) is 1. The summed E-state index contributed by atoms with van der Waals surface area (Å²) in [6.07, 6.45) is 10.8. The second-order valence-corrected chi connectivity index (χ2v) is 11.1. The van der Waals surface area contributed by atoms with Gasteiger partial charge >= 0.3 is 0 Å². The van der Waals surface area contributed by atoms with E-state index in [1.807, 2.05) is 41.5 Å². The van der Waals surface area contributed by atoms with Crippen molar-refractivity contribution in [2.45, 2.75) is 132 Å². The molecule has 0 heterocycles. The van der Waals surface area contributed by atoms with E-state index < -0.39 is 6.10 Å². The molecule has 4 aliphatic rings. The fourth-order valence-electron chi connectivity index (χ4n) is 4.90. The molecule has 0 bridgehead atoms. The molecule has 1 unspecified atom stereocenters. The van der Waals surface area contributed by atoms with Gasteiger partial charge in [-0.25, -0.2) is 13.2 Å². The Morgan fingerprint density at radius 1 is 0.583 bits per heavy atom. The Hall–Kier alpha value is -1.62. The van der Waals surface area contributed by atoms with Gasteiger partial charge in [-0.2, -0.15) is 0 Å².